The topological polar surface area (TPSA) is 108 Å². The van der Waals surface area contributed by atoms with Crippen LogP contribution in [0.3, 0.4) is 0 Å². The minimum Gasteiger partial charge on any atom is -0.462 e. The first-order chi connectivity index (χ1) is 30.5. The highest BCUT2D eigenvalue weighted by Gasteiger charge is 2.27. The summed E-state index contributed by atoms with van der Waals surface area (Å²) in [5, 5.41) is 0. The number of allylic oxidation sites excluding steroid dienone is 10. The summed E-state index contributed by atoms with van der Waals surface area (Å²) in [4.78, 5) is 35.5. The average Bonchev–Trinajstić information content (AvgIpc) is 3.24. The smallest absolute Gasteiger partial charge is 0.462 e. The van der Waals surface area contributed by atoms with Gasteiger partial charge in [-0.2, -0.15) is 0 Å². The van der Waals surface area contributed by atoms with E-state index in [1.807, 2.05) is 27.2 Å². The lowest BCUT2D eigenvalue weighted by molar-refractivity contribution is -0.870. The van der Waals surface area contributed by atoms with E-state index in [0.717, 1.165) is 51.4 Å². The quantitative estimate of drug-likeness (QED) is 0.0212. The van der Waals surface area contributed by atoms with Crippen molar-refractivity contribution < 1.29 is 42.1 Å². The first kappa shape index (κ1) is 60.7. The first-order valence-corrected chi connectivity index (χ1v) is 27.0. The minimum atomic E-state index is -4.40. The number of unbranched alkanes of at least 4 members (excludes halogenated alkanes) is 22. The van der Waals surface area contributed by atoms with Crippen LogP contribution in [-0.4, -0.2) is 74.9 Å². The Labute approximate surface area is 387 Å². The van der Waals surface area contributed by atoms with Crippen molar-refractivity contribution in [3.63, 3.8) is 0 Å². The lowest BCUT2D eigenvalue weighted by Gasteiger charge is -2.24. The fourth-order valence-electron chi connectivity index (χ4n) is 6.87. The van der Waals surface area contributed by atoms with Gasteiger partial charge in [0.25, 0.3) is 0 Å². The van der Waals surface area contributed by atoms with Crippen LogP contribution in [-0.2, 0) is 32.7 Å². The second-order valence-electron chi connectivity index (χ2n) is 18.2. The second-order valence-corrected chi connectivity index (χ2v) is 19.6. The molecule has 0 aliphatic rings. The number of rotatable bonds is 46. The van der Waals surface area contributed by atoms with Crippen LogP contribution < -0.4 is 0 Å². The van der Waals surface area contributed by atoms with Crippen LogP contribution in [0, 0.1) is 0 Å². The summed E-state index contributed by atoms with van der Waals surface area (Å²) < 4.78 is 34.4. The summed E-state index contributed by atoms with van der Waals surface area (Å²) in [7, 11) is 1.44. The number of hydrogen-bond acceptors (Lipinski definition) is 7. The van der Waals surface area contributed by atoms with Gasteiger partial charge < -0.3 is 18.9 Å². The lowest BCUT2D eigenvalue weighted by atomic mass is 10.0. The molecule has 0 aliphatic heterocycles. The molecular formula is C53H97NO8P+. The van der Waals surface area contributed by atoms with Gasteiger partial charge in [0.15, 0.2) is 6.10 Å². The summed E-state index contributed by atoms with van der Waals surface area (Å²) in [6, 6.07) is 0. The molecule has 0 rings (SSSR count). The van der Waals surface area contributed by atoms with Crippen molar-refractivity contribution in [2.24, 2.45) is 0 Å². The Morgan fingerprint density at radius 3 is 1.33 bits per heavy atom. The van der Waals surface area contributed by atoms with E-state index in [4.69, 9.17) is 18.5 Å². The molecule has 0 radical (unpaired) electrons. The van der Waals surface area contributed by atoms with Gasteiger partial charge >= 0.3 is 19.8 Å². The van der Waals surface area contributed by atoms with Crippen LogP contribution in [0.15, 0.2) is 60.8 Å². The third-order valence-corrected chi connectivity index (χ3v) is 11.8. The number of carbonyl (C=O) groups is 2. The molecule has 0 aliphatic carbocycles. The monoisotopic (exact) mass is 907 g/mol. The maximum atomic E-state index is 12.7. The van der Waals surface area contributed by atoms with Crippen LogP contribution >= 0.6 is 7.82 Å². The molecule has 0 spiro atoms. The molecule has 2 atom stereocenters. The predicted octanol–water partition coefficient (Wildman–Crippen LogP) is 15.2. The summed E-state index contributed by atoms with van der Waals surface area (Å²) >= 11 is 0. The summed E-state index contributed by atoms with van der Waals surface area (Å²) in [6.45, 7) is 4.26. The standard InChI is InChI=1S/C53H96NO8P/c1-6-8-10-12-14-16-18-20-22-24-25-26-27-28-30-31-33-35-37-39-41-43-45-52(55)59-49-51(50-61-63(57,58)60-48-47-54(3,4)5)62-53(56)46-44-42-40-38-36-34-32-29-23-21-19-17-15-13-11-9-7-2/h9,11,15,17,21,23,32,34,38,40,51H,6-8,10,12-14,16,18-20,22,24-31,33,35-37,39,41-50H2,1-5H3/p+1/b11-9-,17-15-,23-21-,34-32-,40-38-. The first-order valence-electron chi connectivity index (χ1n) is 25.5. The molecule has 0 bridgehead atoms. The Hall–Kier alpha value is -2.29. The molecule has 0 fully saturated rings. The van der Waals surface area contributed by atoms with E-state index in [1.54, 1.807) is 0 Å². The molecule has 0 aromatic heterocycles. The SMILES string of the molecule is CC/C=C\C/C=C\C/C=C\C/C=C\C/C=C\CCCC(=O)OC(COC(=O)CCCCCCCCCCCCCCCCCCCCCCCC)COP(=O)(O)OCC[N+](C)(C)C. The number of phosphoric ester groups is 1. The van der Waals surface area contributed by atoms with Gasteiger partial charge in [-0.25, -0.2) is 4.57 Å². The van der Waals surface area contributed by atoms with Crippen LogP contribution in [0.1, 0.15) is 213 Å². The molecule has 9 nitrogen and oxygen atoms in total. The van der Waals surface area contributed by atoms with Crippen molar-refractivity contribution in [3.8, 4) is 0 Å². The maximum absolute atomic E-state index is 12.7. The second kappa shape index (κ2) is 44.9. The normalized spacial score (nSPS) is 13.9. The highest BCUT2D eigenvalue weighted by molar-refractivity contribution is 7.47. The third kappa shape index (κ3) is 49.0. The van der Waals surface area contributed by atoms with Gasteiger partial charge in [-0.1, -0.05) is 209 Å². The van der Waals surface area contributed by atoms with Crippen LogP contribution in [0.2, 0.25) is 0 Å². The van der Waals surface area contributed by atoms with E-state index in [-0.39, 0.29) is 32.0 Å². The van der Waals surface area contributed by atoms with Crippen molar-refractivity contribution >= 4 is 19.8 Å². The van der Waals surface area contributed by atoms with Gasteiger partial charge in [-0.15, -0.1) is 0 Å². The van der Waals surface area contributed by atoms with E-state index in [2.05, 4.69) is 68.5 Å². The Kier molecular flexibility index (Phi) is 43.3. The highest BCUT2D eigenvalue weighted by Crippen LogP contribution is 2.43. The summed E-state index contributed by atoms with van der Waals surface area (Å²) in [5.74, 6) is -0.862. The number of esters is 2. The molecule has 0 saturated carbocycles. The predicted molar refractivity (Wildman–Crippen MR) is 266 cm³/mol. The van der Waals surface area contributed by atoms with Crippen LogP contribution in [0.5, 0.6) is 0 Å². The molecule has 1 N–H and O–H groups in total. The number of hydrogen-bond donors (Lipinski definition) is 1. The van der Waals surface area contributed by atoms with E-state index in [1.165, 1.54) is 122 Å². The molecule has 366 valence electrons. The number of carbonyl (C=O) groups excluding carboxylic acids is 2. The number of nitrogens with zero attached hydrogens (tertiary/aromatic N) is 1. The zero-order valence-electron chi connectivity index (χ0n) is 41.3. The van der Waals surface area contributed by atoms with Gasteiger partial charge in [0.05, 0.1) is 27.7 Å². The van der Waals surface area contributed by atoms with E-state index in [9.17, 15) is 19.0 Å². The van der Waals surface area contributed by atoms with Crippen molar-refractivity contribution in [2.75, 3.05) is 47.5 Å². The van der Waals surface area contributed by atoms with Gasteiger partial charge in [0.1, 0.15) is 19.8 Å². The summed E-state index contributed by atoms with van der Waals surface area (Å²) in [5.41, 5.74) is 0. The van der Waals surface area contributed by atoms with Crippen molar-refractivity contribution in [1.29, 1.82) is 0 Å². The van der Waals surface area contributed by atoms with Crippen molar-refractivity contribution in [2.45, 2.75) is 219 Å². The molecule has 0 heterocycles. The third-order valence-electron chi connectivity index (χ3n) is 10.8. The van der Waals surface area contributed by atoms with Gasteiger partial charge in [-0.3, -0.25) is 18.6 Å². The molecule has 0 aromatic carbocycles. The van der Waals surface area contributed by atoms with Crippen molar-refractivity contribution in [1.82, 2.24) is 0 Å². The van der Waals surface area contributed by atoms with Gasteiger partial charge in [-0.05, 0) is 51.4 Å². The molecule has 2 unspecified atom stereocenters. The molecule has 10 heteroatoms. The van der Waals surface area contributed by atoms with E-state index in [0.29, 0.717) is 23.9 Å². The van der Waals surface area contributed by atoms with E-state index < -0.39 is 26.5 Å². The van der Waals surface area contributed by atoms with E-state index >= 15 is 0 Å². The maximum Gasteiger partial charge on any atom is 0.472 e. The fraction of sp³-hybridized carbons (Fsp3) is 0.774. The number of quaternary nitrogens is 1. The Balaban J connectivity index is 4.29. The van der Waals surface area contributed by atoms with Crippen LogP contribution in [0.25, 0.3) is 0 Å². The number of ether oxygens (including phenoxy) is 2. The zero-order chi connectivity index (χ0) is 46.4. The average molecular weight is 907 g/mol. The largest absolute Gasteiger partial charge is 0.472 e. The number of likely N-dealkylation sites (N-methyl/N-ethyl adjacent to an activating group) is 1. The Bertz CT molecular complexity index is 1250. The minimum absolute atomic E-state index is 0.0199. The molecule has 0 saturated heterocycles. The van der Waals surface area contributed by atoms with Gasteiger partial charge in [0, 0.05) is 12.8 Å². The van der Waals surface area contributed by atoms with Crippen molar-refractivity contribution in [3.05, 3.63) is 60.8 Å². The highest BCUT2D eigenvalue weighted by atomic mass is 31.2. The van der Waals surface area contributed by atoms with Crippen LogP contribution in [0.4, 0.5) is 0 Å². The molecule has 0 aromatic rings. The lowest BCUT2D eigenvalue weighted by Crippen LogP contribution is -2.37. The molecular weight excluding hydrogens is 810 g/mol. The van der Waals surface area contributed by atoms with Gasteiger partial charge in [0.2, 0.25) is 0 Å². The molecule has 0 amide bonds. The molecule has 63 heavy (non-hydrogen) atoms. The Morgan fingerprint density at radius 1 is 0.508 bits per heavy atom. The summed E-state index contributed by atoms with van der Waals surface area (Å²) in [6.07, 6.45) is 55.8. The fourth-order valence-corrected chi connectivity index (χ4v) is 7.62. The zero-order valence-corrected chi connectivity index (χ0v) is 42.2. The Morgan fingerprint density at radius 2 is 0.905 bits per heavy atom. The number of phosphoric acid groups is 1.